The van der Waals surface area contributed by atoms with Gasteiger partial charge in [-0.2, -0.15) is 0 Å². The van der Waals surface area contributed by atoms with E-state index < -0.39 is 0 Å². The van der Waals surface area contributed by atoms with Crippen molar-refractivity contribution in [2.24, 2.45) is 57.6 Å². The van der Waals surface area contributed by atoms with Gasteiger partial charge in [-0.15, -0.1) is 0 Å². The fourth-order valence-corrected chi connectivity index (χ4v) is 4.13. The Hall–Kier alpha value is -0.240. The van der Waals surface area contributed by atoms with Crippen LogP contribution in [0.4, 0.5) is 0 Å². The van der Waals surface area contributed by atoms with Crippen molar-refractivity contribution < 1.29 is 0 Å². The minimum atomic E-state index is 0.375. The van der Waals surface area contributed by atoms with Crippen molar-refractivity contribution in [1.82, 2.24) is 0 Å². The third-order valence-electron chi connectivity index (χ3n) is 6.52. The molecule has 0 bridgehead atoms. The molecule has 1 unspecified atom stereocenters. The maximum Gasteiger partial charge on any atom is 0.00388 e. The fraction of sp³-hybridized carbons (Fsp3) is 1.00. The molecule has 2 aliphatic rings. The Morgan fingerprint density at radius 2 is 0.975 bits per heavy atom. The summed E-state index contributed by atoms with van der Waals surface area (Å²) in [5.74, 6) is 2.35. The number of hydrogen-bond donors (Lipinski definition) is 6. The van der Waals surface area contributed by atoms with Crippen LogP contribution in [0, 0.1) is 23.2 Å². The molecule has 0 radical (unpaired) electrons. The second kappa shape index (κ2) is 33.3. The monoisotopic (exact) mass is 575 g/mol. The highest BCUT2D eigenvalue weighted by atomic mass is 14.6. The highest BCUT2D eigenvalue weighted by Crippen LogP contribution is 2.16. The summed E-state index contributed by atoms with van der Waals surface area (Å²) in [6, 6.07) is 1.46. The Balaban J connectivity index is -0.000000195. The maximum atomic E-state index is 5.63. The van der Waals surface area contributed by atoms with Gasteiger partial charge in [-0.1, -0.05) is 94.4 Å². The van der Waals surface area contributed by atoms with Crippen LogP contribution in [-0.4, -0.2) is 37.8 Å². The molecule has 0 amide bonds. The second-order valence-corrected chi connectivity index (χ2v) is 14.4. The van der Waals surface area contributed by atoms with Crippen LogP contribution in [0.1, 0.15) is 159 Å². The molecule has 2 rings (SSSR count). The second-order valence-electron chi connectivity index (χ2n) is 14.4. The quantitative estimate of drug-likeness (QED) is 0.178. The van der Waals surface area contributed by atoms with Gasteiger partial charge in [-0.3, -0.25) is 0 Å². The molecule has 2 fully saturated rings. The summed E-state index contributed by atoms with van der Waals surface area (Å²) in [6.07, 6.45) is 17.8. The first kappa shape index (κ1) is 46.7. The van der Waals surface area contributed by atoms with E-state index >= 15 is 0 Å². The van der Waals surface area contributed by atoms with E-state index in [4.69, 9.17) is 34.4 Å². The first-order valence-corrected chi connectivity index (χ1v) is 16.9. The van der Waals surface area contributed by atoms with Crippen molar-refractivity contribution in [1.29, 1.82) is 0 Å². The van der Waals surface area contributed by atoms with E-state index in [1.165, 1.54) is 70.6 Å². The van der Waals surface area contributed by atoms with Gasteiger partial charge >= 0.3 is 0 Å². The van der Waals surface area contributed by atoms with Gasteiger partial charge in [0.15, 0.2) is 0 Å². The lowest BCUT2D eigenvalue weighted by Crippen LogP contribution is -2.22. The molecule has 0 spiro atoms. The average Bonchev–Trinajstić information content (AvgIpc) is 3.29. The third-order valence-corrected chi connectivity index (χ3v) is 6.52. The topological polar surface area (TPSA) is 156 Å². The summed E-state index contributed by atoms with van der Waals surface area (Å²) < 4.78 is 0. The Morgan fingerprint density at radius 3 is 1.07 bits per heavy atom. The molecule has 0 aromatic carbocycles. The van der Waals surface area contributed by atoms with Crippen molar-refractivity contribution in [3.05, 3.63) is 0 Å². The highest BCUT2D eigenvalue weighted by molar-refractivity contribution is 4.68. The molecule has 1 atom stereocenters. The van der Waals surface area contributed by atoms with Gasteiger partial charge in [-0.25, -0.2) is 0 Å². The van der Waals surface area contributed by atoms with Gasteiger partial charge in [0, 0.05) is 18.1 Å². The van der Waals surface area contributed by atoms with Gasteiger partial charge in [-0.05, 0) is 108 Å². The van der Waals surface area contributed by atoms with Gasteiger partial charge in [0.25, 0.3) is 0 Å². The predicted octanol–water partition coefficient (Wildman–Crippen LogP) is 7.30. The molecule has 12 N–H and O–H groups in total. The van der Waals surface area contributed by atoms with E-state index in [1.807, 2.05) is 6.92 Å². The maximum absolute atomic E-state index is 5.63. The molecule has 2 saturated carbocycles. The van der Waals surface area contributed by atoms with Crippen LogP contribution in [0.25, 0.3) is 0 Å². The smallest absolute Gasteiger partial charge is 0.00388 e. The van der Waals surface area contributed by atoms with Crippen LogP contribution in [0.2, 0.25) is 0 Å². The third kappa shape index (κ3) is 57.6. The molecule has 6 nitrogen and oxygen atoms in total. The summed E-state index contributed by atoms with van der Waals surface area (Å²) >= 11 is 0. The summed E-state index contributed by atoms with van der Waals surface area (Å²) in [6.45, 7) is 24.3. The number of rotatable bonds is 8. The Morgan fingerprint density at radius 1 is 0.575 bits per heavy atom. The van der Waals surface area contributed by atoms with Crippen LogP contribution >= 0.6 is 0 Å². The zero-order chi connectivity index (χ0) is 32.0. The van der Waals surface area contributed by atoms with E-state index in [-0.39, 0.29) is 0 Å². The van der Waals surface area contributed by atoms with E-state index in [0.29, 0.717) is 23.5 Å². The highest BCUT2D eigenvalue weighted by Gasteiger charge is 2.08. The SMILES string of the molecule is CC(C)(C)CCN.CC(C)CC(C)N.CC(C)CCCN.CC(C)CCN.NC1CCCC1.NC1CCCCC1. The molecule has 0 saturated heterocycles. The minimum absolute atomic E-state index is 0.375. The summed E-state index contributed by atoms with van der Waals surface area (Å²) in [7, 11) is 0. The molecule has 248 valence electrons. The molecule has 2 aliphatic carbocycles. The Labute approximate surface area is 254 Å². The van der Waals surface area contributed by atoms with E-state index in [0.717, 1.165) is 56.7 Å². The van der Waals surface area contributed by atoms with Gasteiger partial charge in [0.05, 0.1) is 0 Å². The molecule has 0 aromatic rings. The molecule has 0 aliphatic heterocycles. The normalized spacial score (nSPS) is 16.3. The molecule has 0 heterocycles. The van der Waals surface area contributed by atoms with Crippen molar-refractivity contribution in [2.75, 3.05) is 19.6 Å². The molecule has 40 heavy (non-hydrogen) atoms. The van der Waals surface area contributed by atoms with Crippen molar-refractivity contribution in [2.45, 2.75) is 177 Å². The van der Waals surface area contributed by atoms with E-state index in [2.05, 4.69) is 62.3 Å². The number of hydrogen-bond acceptors (Lipinski definition) is 6. The predicted molar refractivity (Wildman–Crippen MR) is 185 cm³/mol. The summed E-state index contributed by atoms with van der Waals surface area (Å²) in [4.78, 5) is 0. The van der Waals surface area contributed by atoms with E-state index in [9.17, 15) is 0 Å². The largest absolute Gasteiger partial charge is 0.330 e. The fourth-order valence-electron chi connectivity index (χ4n) is 4.13. The van der Waals surface area contributed by atoms with Crippen molar-refractivity contribution in [3.63, 3.8) is 0 Å². The van der Waals surface area contributed by atoms with Gasteiger partial charge in [0.1, 0.15) is 0 Å². The lowest BCUT2D eigenvalue weighted by atomic mass is 9.93. The summed E-state index contributed by atoms with van der Waals surface area (Å²) in [5.41, 5.74) is 32.9. The van der Waals surface area contributed by atoms with Crippen LogP contribution in [0.3, 0.4) is 0 Å². The van der Waals surface area contributed by atoms with Crippen molar-refractivity contribution in [3.8, 4) is 0 Å². The van der Waals surface area contributed by atoms with Crippen LogP contribution in [0.15, 0.2) is 0 Å². The lowest BCUT2D eigenvalue weighted by molar-refractivity contribution is 0.385. The van der Waals surface area contributed by atoms with Crippen LogP contribution < -0.4 is 34.4 Å². The van der Waals surface area contributed by atoms with Crippen LogP contribution in [-0.2, 0) is 0 Å². The molecular weight excluding hydrogens is 492 g/mol. The van der Waals surface area contributed by atoms with Crippen LogP contribution in [0.5, 0.6) is 0 Å². The first-order valence-electron chi connectivity index (χ1n) is 16.9. The Bertz CT molecular complexity index is 428. The molecular formula is C34H82N6. The first-order chi connectivity index (χ1) is 18.5. The zero-order valence-electron chi connectivity index (χ0n) is 29.4. The van der Waals surface area contributed by atoms with Gasteiger partial charge < -0.3 is 34.4 Å². The standard InChI is InChI=1S/C6H13N.3C6H15N.C5H11N.C5H13N/c7-6-4-2-1-3-5-6;1-6(2,3)4-5-7;1-5(2)4-6(3)7;1-6(2)4-3-5-7;6-5-3-1-2-4-5;1-5(2)3-4-6/h6H,1-5,7H2;4-5,7H2,1-3H3;5-6H,4,7H2,1-3H3;6H,3-5,7H2,1-2H3;5H,1-4,6H2;5H,3-4,6H2,1-2H3. The average molecular weight is 575 g/mol. The van der Waals surface area contributed by atoms with E-state index in [1.54, 1.807) is 0 Å². The Kier molecular flexibility index (Phi) is 38.8. The summed E-state index contributed by atoms with van der Waals surface area (Å²) in [5, 5.41) is 0. The van der Waals surface area contributed by atoms with Gasteiger partial charge in [0.2, 0.25) is 0 Å². The van der Waals surface area contributed by atoms with Crippen molar-refractivity contribution >= 4 is 0 Å². The lowest BCUT2D eigenvalue weighted by Gasteiger charge is -2.15. The molecule has 6 heteroatoms. The minimum Gasteiger partial charge on any atom is -0.330 e. The number of nitrogens with two attached hydrogens (primary N) is 6. The zero-order valence-corrected chi connectivity index (χ0v) is 29.4. The molecule has 0 aromatic heterocycles.